The van der Waals surface area contributed by atoms with E-state index in [1.54, 1.807) is 7.11 Å². The van der Waals surface area contributed by atoms with Crippen molar-refractivity contribution in [2.45, 2.75) is 38.9 Å². The van der Waals surface area contributed by atoms with Crippen molar-refractivity contribution in [3.8, 4) is 11.5 Å². The van der Waals surface area contributed by atoms with Gasteiger partial charge in [0.1, 0.15) is 18.1 Å². The van der Waals surface area contributed by atoms with E-state index in [-0.39, 0.29) is 18.3 Å². The fourth-order valence-electron chi connectivity index (χ4n) is 2.74. The number of hydrogen-bond acceptors (Lipinski definition) is 4. The Morgan fingerprint density at radius 3 is 1.96 bits per heavy atom. The van der Waals surface area contributed by atoms with Crippen LogP contribution in [0.15, 0.2) is 54.6 Å². The fraction of sp³-hybridized carbons (Fsp3) is 0.364. The first-order valence-electron chi connectivity index (χ1n) is 9.20. The highest BCUT2D eigenvalue weighted by molar-refractivity contribution is 6.62. The number of hydrogen-bond donors (Lipinski definition) is 0. The van der Waals surface area contributed by atoms with Crippen LogP contribution in [0.3, 0.4) is 0 Å². The van der Waals surface area contributed by atoms with Crippen molar-refractivity contribution >= 4 is 18.7 Å². The van der Waals surface area contributed by atoms with E-state index in [2.05, 4.69) is 27.7 Å². The molecule has 0 unspecified atom stereocenters. The Labute approximate surface area is 162 Å². The van der Waals surface area contributed by atoms with Gasteiger partial charge in [-0.15, -0.1) is 0 Å². The number of methoxy groups -OCH3 is 1. The van der Waals surface area contributed by atoms with Gasteiger partial charge in [-0.3, -0.25) is 0 Å². The molecule has 5 heteroatoms. The molecule has 4 nitrogen and oxygen atoms in total. The second kappa shape index (κ2) is 7.79. The average molecular weight is 366 g/mol. The zero-order valence-electron chi connectivity index (χ0n) is 16.7. The monoisotopic (exact) mass is 366 g/mol. The minimum absolute atomic E-state index is 0.334. The second-order valence-electron chi connectivity index (χ2n) is 7.64. The normalized spacial score (nSPS) is 18.0. The number of ether oxygens (including phenoxy) is 2. The summed E-state index contributed by atoms with van der Waals surface area (Å²) in [6, 6.07) is 15.8. The maximum Gasteiger partial charge on any atom is 0.494 e. The highest BCUT2D eigenvalue weighted by Crippen LogP contribution is 2.36. The highest BCUT2D eigenvalue weighted by Gasteiger charge is 2.51. The third kappa shape index (κ3) is 4.55. The van der Waals surface area contributed by atoms with Gasteiger partial charge in [-0.2, -0.15) is 0 Å². The summed E-state index contributed by atoms with van der Waals surface area (Å²) >= 11 is 0. The average Bonchev–Trinajstić information content (AvgIpc) is 2.87. The van der Waals surface area contributed by atoms with Crippen molar-refractivity contribution in [2.24, 2.45) is 0 Å². The van der Waals surface area contributed by atoms with Crippen LogP contribution in [0.5, 0.6) is 11.5 Å². The standard InChI is InChI=1S/C22H27BO4/c1-21(2)22(3,4)27-23(26-21)18-10-14-20(15-11-18)25-16-6-7-17-8-12-19(24-5)13-9-17/h6-15H,16H2,1-5H3/b7-6+. The molecule has 1 aliphatic rings. The molecule has 1 fully saturated rings. The van der Waals surface area contributed by atoms with Crippen molar-refractivity contribution in [1.29, 1.82) is 0 Å². The first kappa shape index (κ1) is 19.5. The Balaban J connectivity index is 1.53. The minimum Gasteiger partial charge on any atom is -0.497 e. The first-order valence-corrected chi connectivity index (χ1v) is 9.20. The maximum absolute atomic E-state index is 6.07. The van der Waals surface area contributed by atoms with Crippen LogP contribution in [0.2, 0.25) is 0 Å². The van der Waals surface area contributed by atoms with E-state index in [1.807, 2.05) is 60.7 Å². The Bertz CT molecular complexity index is 763. The third-order valence-electron chi connectivity index (χ3n) is 5.18. The van der Waals surface area contributed by atoms with Crippen molar-refractivity contribution in [3.63, 3.8) is 0 Å². The van der Waals surface area contributed by atoms with Crippen LogP contribution in [0.1, 0.15) is 33.3 Å². The van der Waals surface area contributed by atoms with E-state index in [0.717, 1.165) is 22.5 Å². The predicted molar refractivity (Wildman–Crippen MR) is 110 cm³/mol. The van der Waals surface area contributed by atoms with Gasteiger partial charge in [0.05, 0.1) is 18.3 Å². The summed E-state index contributed by atoms with van der Waals surface area (Å²) < 4.78 is 23.1. The van der Waals surface area contributed by atoms with Crippen LogP contribution in [-0.2, 0) is 9.31 Å². The number of rotatable bonds is 6. The Hall–Kier alpha value is -2.24. The highest BCUT2D eigenvalue weighted by atomic mass is 16.7. The number of benzene rings is 2. The van der Waals surface area contributed by atoms with Crippen molar-refractivity contribution < 1.29 is 18.8 Å². The van der Waals surface area contributed by atoms with Crippen LogP contribution in [-0.4, -0.2) is 32.0 Å². The lowest BCUT2D eigenvalue weighted by atomic mass is 9.79. The van der Waals surface area contributed by atoms with Gasteiger partial charge in [-0.05, 0) is 69.1 Å². The summed E-state index contributed by atoms with van der Waals surface area (Å²) in [6.45, 7) is 8.72. The lowest BCUT2D eigenvalue weighted by Gasteiger charge is -2.32. The fourth-order valence-corrected chi connectivity index (χ4v) is 2.74. The van der Waals surface area contributed by atoms with Crippen LogP contribution in [0, 0.1) is 0 Å². The summed E-state index contributed by atoms with van der Waals surface area (Å²) in [5.41, 5.74) is 1.43. The Kier molecular flexibility index (Phi) is 5.63. The molecule has 3 rings (SSSR count). The van der Waals surface area contributed by atoms with Crippen LogP contribution in [0.4, 0.5) is 0 Å². The minimum atomic E-state index is -0.348. The molecule has 1 heterocycles. The molecule has 0 atom stereocenters. The Morgan fingerprint density at radius 2 is 1.41 bits per heavy atom. The van der Waals surface area contributed by atoms with E-state index >= 15 is 0 Å². The van der Waals surface area contributed by atoms with Gasteiger partial charge in [0.2, 0.25) is 0 Å². The van der Waals surface area contributed by atoms with Crippen LogP contribution < -0.4 is 14.9 Å². The van der Waals surface area contributed by atoms with E-state index in [1.165, 1.54) is 0 Å². The quantitative estimate of drug-likeness (QED) is 0.722. The second-order valence-corrected chi connectivity index (χ2v) is 7.64. The molecular weight excluding hydrogens is 339 g/mol. The summed E-state index contributed by atoms with van der Waals surface area (Å²) in [5, 5.41) is 0. The van der Waals surface area contributed by atoms with E-state index < -0.39 is 0 Å². The zero-order chi connectivity index (χ0) is 19.5. The largest absolute Gasteiger partial charge is 0.497 e. The molecule has 0 aliphatic carbocycles. The summed E-state index contributed by atoms with van der Waals surface area (Å²) in [4.78, 5) is 0. The molecule has 2 aromatic rings. The topological polar surface area (TPSA) is 36.9 Å². The van der Waals surface area contributed by atoms with Gasteiger partial charge >= 0.3 is 7.12 Å². The lowest BCUT2D eigenvalue weighted by Crippen LogP contribution is -2.41. The molecule has 0 spiro atoms. The molecule has 2 aromatic carbocycles. The molecule has 142 valence electrons. The summed E-state index contributed by atoms with van der Waals surface area (Å²) in [6.07, 6.45) is 4.02. The van der Waals surface area contributed by atoms with Gasteiger partial charge in [0.15, 0.2) is 0 Å². The van der Waals surface area contributed by atoms with E-state index in [0.29, 0.717) is 6.61 Å². The van der Waals surface area contributed by atoms with Crippen LogP contribution in [0.25, 0.3) is 6.08 Å². The zero-order valence-corrected chi connectivity index (χ0v) is 16.7. The molecule has 0 amide bonds. The van der Waals surface area contributed by atoms with Gasteiger partial charge in [0, 0.05) is 0 Å². The predicted octanol–water partition coefficient (Wildman–Crippen LogP) is 4.09. The van der Waals surface area contributed by atoms with Crippen LogP contribution >= 0.6 is 0 Å². The first-order chi connectivity index (χ1) is 12.8. The smallest absolute Gasteiger partial charge is 0.494 e. The molecule has 0 bridgehead atoms. The molecule has 0 saturated carbocycles. The van der Waals surface area contributed by atoms with Gasteiger partial charge in [-0.1, -0.05) is 30.3 Å². The molecule has 0 aromatic heterocycles. The van der Waals surface area contributed by atoms with Crippen molar-refractivity contribution in [2.75, 3.05) is 13.7 Å². The third-order valence-corrected chi connectivity index (χ3v) is 5.18. The summed E-state index contributed by atoms with van der Waals surface area (Å²) in [7, 11) is 1.32. The summed E-state index contributed by atoms with van der Waals surface area (Å²) in [5.74, 6) is 1.67. The lowest BCUT2D eigenvalue weighted by molar-refractivity contribution is 0.00578. The van der Waals surface area contributed by atoms with Gasteiger partial charge < -0.3 is 18.8 Å². The van der Waals surface area contributed by atoms with Gasteiger partial charge in [-0.25, -0.2) is 0 Å². The van der Waals surface area contributed by atoms with Gasteiger partial charge in [0.25, 0.3) is 0 Å². The molecule has 1 saturated heterocycles. The van der Waals surface area contributed by atoms with Crippen molar-refractivity contribution in [1.82, 2.24) is 0 Å². The molecule has 27 heavy (non-hydrogen) atoms. The molecule has 0 radical (unpaired) electrons. The molecular formula is C22H27BO4. The SMILES string of the molecule is COc1ccc(/C=C/COc2ccc(B3OC(C)(C)C(C)(C)O3)cc2)cc1. The van der Waals surface area contributed by atoms with E-state index in [4.69, 9.17) is 18.8 Å². The Morgan fingerprint density at radius 1 is 0.852 bits per heavy atom. The molecule has 0 N–H and O–H groups in total. The van der Waals surface area contributed by atoms with Crippen molar-refractivity contribution in [3.05, 3.63) is 60.2 Å². The maximum atomic E-state index is 6.07. The van der Waals surface area contributed by atoms with E-state index in [9.17, 15) is 0 Å². The molecule has 1 aliphatic heterocycles.